The van der Waals surface area contributed by atoms with Crippen molar-refractivity contribution in [2.75, 3.05) is 7.11 Å². The van der Waals surface area contributed by atoms with E-state index in [0.29, 0.717) is 28.3 Å². The van der Waals surface area contributed by atoms with Crippen molar-refractivity contribution >= 4 is 27.9 Å². The minimum atomic E-state index is -0.521. The summed E-state index contributed by atoms with van der Waals surface area (Å²) in [5.41, 5.74) is 2.89. The summed E-state index contributed by atoms with van der Waals surface area (Å²) in [7, 11) is 1.59. The molecule has 1 aromatic heterocycles. The Morgan fingerprint density at radius 3 is 2.65 bits per heavy atom. The van der Waals surface area contributed by atoms with Crippen molar-refractivity contribution in [2.45, 2.75) is 19.3 Å². The van der Waals surface area contributed by atoms with Gasteiger partial charge in [0.05, 0.1) is 12.7 Å². The zero-order chi connectivity index (χ0) is 16.4. The van der Waals surface area contributed by atoms with Gasteiger partial charge in [0.15, 0.2) is 0 Å². The average Bonchev–Trinajstić information content (AvgIpc) is 2.97. The van der Waals surface area contributed by atoms with Crippen LogP contribution in [0.2, 0.25) is 0 Å². The molecule has 0 bridgehead atoms. The monoisotopic (exact) mass is 328 g/mol. The highest BCUT2D eigenvalue weighted by atomic mass is 35.5. The van der Waals surface area contributed by atoms with Gasteiger partial charge in [0.2, 0.25) is 0 Å². The van der Waals surface area contributed by atoms with Crippen LogP contribution in [0.25, 0.3) is 11.0 Å². The predicted octanol–water partition coefficient (Wildman–Crippen LogP) is 4.30. The quantitative estimate of drug-likeness (QED) is 0.710. The Morgan fingerprint density at radius 1 is 1.26 bits per heavy atom. The Hall–Kier alpha value is -2.33. The van der Waals surface area contributed by atoms with Gasteiger partial charge < -0.3 is 9.72 Å². The molecule has 0 fully saturated rings. The smallest absolute Gasteiger partial charge is 0.254 e. The van der Waals surface area contributed by atoms with E-state index >= 15 is 0 Å². The minimum Gasteiger partial charge on any atom is -0.494 e. The Morgan fingerprint density at radius 2 is 2.00 bits per heavy atom. The van der Waals surface area contributed by atoms with Gasteiger partial charge in [-0.3, -0.25) is 4.79 Å². The molecule has 5 heteroatoms. The SMILES string of the molecule is COc1ccc(C(=O)Cl)c2nc(CC(C)c3ccccc3)[nH]c12. The standard InChI is InChI=1S/C18H17ClN2O2/c1-11(12-6-4-3-5-7-12)10-15-20-16-13(18(19)22)8-9-14(23-2)17(16)21-15/h3-9,11H,10H2,1-2H3,(H,20,21). The number of imidazole rings is 1. The molecule has 118 valence electrons. The van der Waals surface area contributed by atoms with Crippen LogP contribution in [0.4, 0.5) is 0 Å². The number of nitrogens with zero attached hydrogens (tertiary/aromatic N) is 1. The first-order valence-electron chi connectivity index (χ1n) is 7.40. The number of rotatable bonds is 5. The molecule has 1 heterocycles. The lowest BCUT2D eigenvalue weighted by molar-refractivity contribution is 0.108. The second-order valence-electron chi connectivity index (χ2n) is 5.51. The van der Waals surface area contributed by atoms with Gasteiger partial charge in [-0.25, -0.2) is 4.98 Å². The van der Waals surface area contributed by atoms with E-state index in [1.54, 1.807) is 19.2 Å². The highest BCUT2D eigenvalue weighted by Gasteiger charge is 2.17. The van der Waals surface area contributed by atoms with Crippen LogP contribution in [0.5, 0.6) is 5.75 Å². The number of aromatic nitrogens is 2. The molecule has 0 amide bonds. The number of nitrogens with one attached hydrogen (secondary N) is 1. The van der Waals surface area contributed by atoms with E-state index < -0.39 is 5.24 Å². The fraction of sp³-hybridized carbons (Fsp3) is 0.222. The molecule has 0 aliphatic heterocycles. The van der Waals surface area contributed by atoms with Crippen molar-refractivity contribution in [3.63, 3.8) is 0 Å². The van der Waals surface area contributed by atoms with Crippen LogP contribution < -0.4 is 4.74 Å². The predicted molar refractivity (Wildman–Crippen MR) is 91.4 cm³/mol. The first-order chi connectivity index (χ1) is 11.1. The van der Waals surface area contributed by atoms with E-state index in [4.69, 9.17) is 16.3 Å². The lowest BCUT2D eigenvalue weighted by Gasteiger charge is -2.09. The second-order valence-corrected chi connectivity index (χ2v) is 5.86. The number of methoxy groups -OCH3 is 1. The first kappa shape index (κ1) is 15.6. The molecule has 0 saturated carbocycles. The Kier molecular flexibility index (Phi) is 4.35. The van der Waals surface area contributed by atoms with Crippen LogP contribution in [0.1, 0.15) is 34.6 Å². The molecule has 1 unspecified atom stereocenters. The number of H-pyrrole nitrogens is 1. The topological polar surface area (TPSA) is 55.0 Å². The number of hydrogen-bond acceptors (Lipinski definition) is 3. The molecule has 3 rings (SSSR count). The van der Waals surface area contributed by atoms with Gasteiger partial charge in [0, 0.05) is 6.42 Å². The number of hydrogen-bond donors (Lipinski definition) is 1. The normalized spacial score (nSPS) is 12.3. The van der Waals surface area contributed by atoms with Gasteiger partial charge in [-0.15, -0.1) is 0 Å². The fourth-order valence-corrected chi connectivity index (χ4v) is 2.88. The molecule has 0 aliphatic carbocycles. The molecule has 0 aliphatic rings. The van der Waals surface area contributed by atoms with Crippen LogP contribution >= 0.6 is 11.6 Å². The van der Waals surface area contributed by atoms with Gasteiger partial charge in [0.25, 0.3) is 5.24 Å². The summed E-state index contributed by atoms with van der Waals surface area (Å²) in [6, 6.07) is 13.6. The molecule has 1 atom stereocenters. The zero-order valence-corrected chi connectivity index (χ0v) is 13.7. The molecule has 23 heavy (non-hydrogen) atoms. The van der Waals surface area contributed by atoms with E-state index in [1.807, 2.05) is 18.2 Å². The third-order valence-corrected chi connectivity index (χ3v) is 4.16. The molecule has 0 saturated heterocycles. The molecule has 3 aromatic rings. The van der Waals surface area contributed by atoms with Crippen LogP contribution in [0, 0.1) is 0 Å². The fourth-order valence-electron chi connectivity index (χ4n) is 2.73. The largest absolute Gasteiger partial charge is 0.494 e. The molecular formula is C18H17ClN2O2. The van der Waals surface area contributed by atoms with Crippen molar-refractivity contribution in [1.82, 2.24) is 9.97 Å². The van der Waals surface area contributed by atoms with E-state index in [1.165, 1.54) is 5.56 Å². The highest BCUT2D eigenvalue weighted by Crippen LogP contribution is 2.29. The third-order valence-electron chi connectivity index (χ3n) is 3.96. The highest BCUT2D eigenvalue weighted by molar-refractivity contribution is 6.68. The molecule has 1 N–H and O–H groups in total. The first-order valence-corrected chi connectivity index (χ1v) is 7.78. The number of carbonyl (C=O) groups is 1. The van der Waals surface area contributed by atoms with Crippen LogP contribution in [0.3, 0.4) is 0 Å². The summed E-state index contributed by atoms with van der Waals surface area (Å²) < 4.78 is 5.34. The number of aromatic amines is 1. The molecule has 2 aromatic carbocycles. The average molecular weight is 329 g/mol. The van der Waals surface area contributed by atoms with Crippen LogP contribution in [-0.2, 0) is 6.42 Å². The van der Waals surface area contributed by atoms with E-state index in [9.17, 15) is 4.79 Å². The summed E-state index contributed by atoms with van der Waals surface area (Å²) in [4.78, 5) is 19.4. The van der Waals surface area contributed by atoms with E-state index in [0.717, 1.165) is 12.2 Å². The van der Waals surface area contributed by atoms with Crippen LogP contribution in [0.15, 0.2) is 42.5 Å². The molecule has 4 nitrogen and oxygen atoms in total. The van der Waals surface area contributed by atoms with E-state index in [2.05, 4.69) is 29.0 Å². The zero-order valence-electron chi connectivity index (χ0n) is 13.0. The minimum absolute atomic E-state index is 0.304. The second kappa shape index (κ2) is 6.42. The van der Waals surface area contributed by atoms with Crippen molar-refractivity contribution < 1.29 is 9.53 Å². The van der Waals surface area contributed by atoms with E-state index in [-0.39, 0.29) is 0 Å². The van der Waals surface area contributed by atoms with Gasteiger partial charge in [-0.2, -0.15) is 0 Å². The lowest BCUT2D eigenvalue weighted by Crippen LogP contribution is -1.99. The number of benzene rings is 2. The summed E-state index contributed by atoms with van der Waals surface area (Å²) >= 11 is 5.65. The lowest BCUT2D eigenvalue weighted by atomic mass is 9.98. The maximum atomic E-state index is 11.6. The Balaban J connectivity index is 1.99. The molecular weight excluding hydrogens is 312 g/mol. The summed E-state index contributed by atoms with van der Waals surface area (Å²) in [5, 5.41) is -0.521. The maximum absolute atomic E-state index is 11.6. The van der Waals surface area contributed by atoms with Crippen molar-refractivity contribution in [3.8, 4) is 5.75 Å². The number of halogens is 1. The van der Waals surface area contributed by atoms with Crippen molar-refractivity contribution in [1.29, 1.82) is 0 Å². The Labute approximate surface area is 139 Å². The number of fused-ring (bicyclic) bond motifs is 1. The van der Waals surface area contributed by atoms with Crippen molar-refractivity contribution in [2.24, 2.45) is 0 Å². The summed E-state index contributed by atoms with van der Waals surface area (Å²) in [5.74, 6) is 1.76. The van der Waals surface area contributed by atoms with Crippen molar-refractivity contribution in [3.05, 3.63) is 59.4 Å². The number of carbonyl (C=O) groups excluding carboxylic acids is 1. The van der Waals surface area contributed by atoms with Gasteiger partial charge in [-0.1, -0.05) is 37.3 Å². The van der Waals surface area contributed by atoms with Gasteiger partial charge >= 0.3 is 0 Å². The third kappa shape index (κ3) is 3.08. The van der Waals surface area contributed by atoms with Crippen LogP contribution in [-0.4, -0.2) is 22.3 Å². The number of ether oxygens (including phenoxy) is 1. The summed E-state index contributed by atoms with van der Waals surface area (Å²) in [6.45, 7) is 2.15. The summed E-state index contributed by atoms with van der Waals surface area (Å²) in [6.07, 6.45) is 0.734. The maximum Gasteiger partial charge on any atom is 0.254 e. The Bertz CT molecular complexity index is 843. The van der Waals surface area contributed by atoms with Gasteiger partial charge in [-0.05, 0) is 35.2 Å². The molecule has 0 radical (unpaired) electrons. The molecule has 0 spiro atoms. The van der Waals surface area contributed by atoms with Gasteiger partial charge in [0.1, 0.15) is 22.6 Å².